The van der Waals surface area contributed by atoms with Gasteiger partial charge in [-0.25, -0.2) is 14.8 Å². The molecule has 2 amide bonds. The molecule has 0 saturated carbocycles. The Kier molecular flexibility index (Phi) is 4.67. The Bertz CT molecular complexity index is 1140. The highest BCUT2D eigenvalue weighted by Gasteiger charge is 2.16. The summed E-state index contributed by atoms with van der Waals surface area (Å²) in [6, 6.07) is 7.39. The van der Waals surface area contributed by atoms with E-state index >= 15 is 0 Å². The summed E-state index contributed by atoms with van der Waals surface area (Å²) in [5, 5.41) is 5.58. The molecule has 0 unspecified atom stereocenters. The number of pyridine rings is 2. The van der Waals surface area contributed by atoms with Gasteiger partial charge >= 0.3 is 6.03 Å². The van der Waals surface area contributed by atoms with E-state index in [0.717, 1.165) is 22.3 Å². The van der Waals surface area contributed by atoms with Crippen LogP contribution in [0.15, 0.2) is 55.2 Å². The summed E-state index contributed by atoms with van der Waals surface area (Å²) in [5.74, 6) is 0.513. The van der Waals surface area contributed by atoms with Crippen molar-refractivity contribution in [2.75, 3.05) is 11.9 Å². The third-order valence-corrected chi connectivity index (χ3v) is 4.22. The molecule has 0 atom stereocenters. The molecule has 8 nitrogen and oxygen atoms in total. The number of carbonyl (C=O) groups excluding carboxylic acids is 1. The van der Waals surface area contributed by atoms with E-state index in [4.69, 9.17) is 0 Å². The summed E-state index contributed by atoms with van der Waals surface area (Å²) in [5.41, 5.74) is 4.75. The zero-order valence-corrected chi connectivity index (χ0v) is 15.5. The highest BCUT2D eigenvalue weighted by molar-refractivity contribution is 6.00. The number of carbonyl (C=O) groups is 1. The number of hydrogen-bond acceptors (Lipinski definition) is 5. The highest BCUT2D eigenvalue weighted by atomic mass is 16.2. The summed E-state index contributed by atoms with van der Waals surface area (Å²) in [6.45, 7) is 4.30. The molecule has 0 fully saturated rings. The Morgan fingerprint density at radius 3 is 2.79 bits per heavy atom. The summed E-state index contributed by atoms with van der Waals surface area (Å²) >= 11 is 0. The maximum absolute atomic E-state index is 12.0. The van der Waals surface area contributed by atoms with Gasteiger partial charge < -0.3 is 10.6 Å². The predicted molar refractivity (Wildman–Crippen MR) is 107 cm³/mol. The number of fused-ring (bicyclic) bond motifs is 1. The van der Waals surface area contributed by atoms with Gasteiger partial charge in [-0.05, 0) is 32.0 Å². The molecule has 0 aromatic carbocycles. The fourth-order valence-corrected chi connectivity index (χ4v) is 2.93. The van der Waals surface area contributed by atoms with E-state index in [1.165, 1.54) is 0 Å². The third kappa shape index (κ3) is 3.39. The number of nitrogens with one attached hydrogen (secondary N) is 2. The van der Waals surface area contributed by atoms with Crippen molar-refractivity contribution in [2.24, 2.45) is 0 Å². The minimum absolute atomic E-state index is 0.287. The van der Waals surface area contributed by atoms with E-state index in [0.29, 0.717) is 23.7 Å². The number of aryl methyl sites for hydroxylation is 1. The summed E-state index contributed by atoms with van der Waals surface area (Å²) in [7, 11) is 0. The summed E-state index contributed by atoms with van der Waals surface area (Å²) in [4.78, 5) is 29.7. The zero-order valence-electron chi connectivity index (χ0n) is 15.5. The van der Waals surface area contributed by atoms with Crippen LogP contribution in [0.25, 0.3) is 28.1 Å². The quantitative estimate of drug-likeness (QED) is 0.572. The van der Waals surface area contributed by atoms with Gasteiger partial charge in [0.1, 0.15) is 5.52 Å². The Balaban J connectivity index is 1.88. The predicted octanol–water partition coefficient (Wildman–Crippen LogP) is 3.33. The molecule has 0 radical (unpaired) electrons. The summed E-state index contributed by atoms with van der Waals surface area (Å²) in [6.07, 6.45) is 8.78. The molecule has 8 heteroatoms. The number of amides is 2. The van der Waals surface area contributed by atoms with Gasteiger partial charge in [-0.15, -0.1) is 0 Å². The number of rotatable bonds is 4. The van der Waals surface area contributed by atoms with Crippen molar-refractivity contribution in [3.8, 4) is 17.1 Å². The normalized spacial score (nSPS) is 10.8. The molecule has 2 N–H and O–H groups in total. The number of anilines is 1. The topological polar surface area (TPSA) is 97.6 Å². The van der Waals surface area contributed by atoms with Crippen LogP contribution in [0.5, 0.6) is 0 Å². The molecule has 0 aliphatic heterocycles. The molecule has 0 spiro atoms. The minimum atomic E-state index is -0.287. The van der Waals surface area contributed by atoms with Crippen molar-refractivity contribution in [2.45, 2.75) is 13.8 Å². The van der Waals surface area contributed by atoms with Gasteiger partial charge in [-0.1, -0.05) is 6.07 Å². The first-order valence-corrected chi connectivity index (χ1v) is 8.92. The van der Waals surface area contributed by atoms with E-state index in [1.54, 1.807) is 31.0 Å². The Morgan fingerprint density at radius 2 is 2.04 bits per heavy atom. The molecular weight excluding hydrogens is 354 g/mol. The molecule has 28 heavy (non-hydrogen) atoms. The number of hydrogen-bond donors (Lipinski definition) is 2. The van der Waals surface area contributed by atoms with Gasteiger partial charge in [0.05, 0.1) is 11.2 Å². The van der Waals surface area contributed by atoms with Crippen molar-refractivity contribution in [3.05, 3.63) is 60.9 Å². The van der Waals surface area contributed by atoms with Gasteiger partial charge in [0.15, 0.2) is 0 Å². The van der Waals surface area contributed by atoms with E-state index in [9.17, 15) is 4.79 Å². The van der Waals surface area contributed by atoms with Crippen LogP contribution in [-0.4, -0.2) is 37.1 Å². The van der Waals surface area contributed by atoms with Crippen LogP contribution in [0.2, 0.25) is 0 Å². The van der Waals surface area contributed by atoms with Gasteiger partial charge in [0.2, 0.25) is 5.95 Å². The second-order valence-corrected chi connectivity index (χ2v) is 6.23. The largest absolute Gasteiger partial charge is 0.338 e. The fourth-order valence-electron chi connectivity index (χ4n) is 2.93. The molecule has 4 heterocycles. The van der Waals surface area contributed by atoms with Crippen molar-refractivity contribution < 1.29 is 4.79 Å². The van der Waals surface area contributed by atoms with E-state index in [1.807, 2.05) is 42.7 Å². The molecule has 0 aliphatic carbocycles. The summed E-state index contributed by atoms with van der Waals surface area (Å²) < 4.78 is 1.83. The average Bonchev–Trinajstić information content (AvgIpc) is 3.06. The van der Waals surface area contributed by atoms with Crippen molar-refractivity contribution in [1.29, 1.82) is 0 Å². The second-order valence-electron chi connectivity index (χ2n) is 6.23. The van der Waals surface area contributed by atoms with Crippen LogP contribution < -0.4 is 10.6 Å². The first-order valence-electron chi connectivity index (χ1n) is 8.92. The molecule has 4 aromatic heterocycles. The zero-order chi connectivity index (χ0) is 19.5. The van der Waals surface area contributed by atoms with E-state index in [-0.39, 0.29) is 6.03 Å². The molecule has 4 rings (SSSR count). The lowest BCUT2D eigenvalue weighted by Gasteiger charge is -2.05. The Morgan fingerprint density at radius 1 is 1.14 bits per heavy atom. The van der Waals surface area contributed by atoms with Crippen LogP contribution in [0.3, 0.4) is 0 Å². The van der Waals surface area contributed by atoms with Crippen LogP contribution in [0.1, 0.15) is 12.6 Å². The fraction of sp³-hybridized carbons (Fsp3) is 0.150. The number of aromatic nitrogens is 5. The molecule has 0 saturated heterocycles. The Labute approximate surface area is 161 Å². The maximum atomic E-state index is 12.0. The lowest BCUT2D eigenvalue weighted by Crippen LogP contribution is -2.28. The highest BCUT2D eigenvalue weighted by Crippen LogP contribution is 2.29. The average molecular weight is 373 g/mol. The first kappa shape index (κ1) is 17.6. The molecule has 0 bridgehead atoms. The molecule has 0 aliphatic rings. The van der Waals surface area contributed by atoms with Crippen LogP contribution in [-0.2, 0) is 0 Å². The number of urea groups is 1. The third-order valence-electron chi connectivity index (χ3n) is 4.22. The first-order chi connectivity index (χ1) is 13.7. The van der Waals surface area contributed by atoms with Gasteiger partial charge in [-0.2, -0.15) is 0 Å². The van der Waals surface area contributed by atoms with Crippen molar-refractivity contribution in [1.82, 2.24) is 29.8 Å². The SMILES string of the molecule is CCNC(=O)Nc1cn(-c2nccc(C)n2)c2cc(-c3cccnc3)cnc12. The lowest BCUT2D eigenvalue weighted by atomic mass is 10.1. The smallest absolute Gasteiger partial charge is 0.319 e. The Hall–Kier alpha value is -3.81. The second kappa shape index (κ2) is 7.43. The van der Waals surface area contributed by atoms with Crippen molar-refractivity contribution >= 4 is 22.8 Å². The lowest BCUT2D eigenvalue weighted by molar-refractivity contribution is 0.252. The van der Waals surface area contributed by atoms with E-state index < -0.39 is 0 Å². The maximum Gasteiger partial charge on any atom is 0.319 e. The minimum Gasteiger partial charge on any atom is -0.338 e. The molecular formula is C20H19N7O. The standard InChI is InChI=1S/C20H19N7O/c1-3-22-20(28)26-16-12-27(19-23-8-6-13(2)25-19)17-9-15(11-24-18(16)17)14-5-4-7-21-10-14/h4-12H,3H2,1-2H3,(H2,22,26,28). The molecule has 140 valence electrons. The van der Waals surface area contributed by atoms with Gasteiger partial charge in [0.25, 0.3) is 0 Å². The number of nitrogens with zero attached hydrogens (tertiary/aromatic N) is 5. The van der Waals surface area contributed by atoms with Crippen LogP contribution >= 0.6 is 0 Å². The van der Waals surface area contributed by atoms with Crippen LogP contribution in [0, 0.1) is 6.92 Å². The molecule has 4 aromatic rings. The van der Waals surface area contributed by atoms with Gasteiger partial charge in [-0.3, -0.25) is 14.5 Å². The van der Waals surface area contributed by atoms with Crippen molar-refractivity contribution in [3.63, 3.8) is 0 Å². The van der Waals surface area contributed by atoms with Gasteiger partial charge in [0, 0.05) is 54.3 Å². The van der Waals surface area contributed by atoms with Crippen LogP contribution in [0.4, 0.5) is 10.5 Å². The van der Waals surface area contributed by atoms with E-state index in [2.05, 4.69) is 30.6 Å². The monoisotopic (exact) mass is 373 g/mol.